The molecule has 1 fully saturated rings. The van der Waals surface area contributed by atoms with Crippen molar-refractivity contribution in [3.8, 4) is 0 Å². The molecule has 0 unspecified atom stereocenters. The monoisotopic (exact) mass is 382 g/mol. The van der Waals surface area contributed by atoms with Crippen LogP contribution in [-0.4, -0.2) is 47.2 Å². The Morgan fingerprint density at radius 1 is 1.37 bits per heavy atom. The van der Waals surface area contributed by atoms with Gasteiger partial charge in [-0.15, -0.1) is 0 Å². The number of hydrogen-bond donors (Lipinski definition) is 2. The molecule has 1 aromatic carbocycles. The molecule has 8 nitrogen and oxygen atoms in total. The molecule has 9 heteroatoms. The molecule has 0 radical (unpaired) electrons. The number of fused-ring (bicyclic) bond motifs is 1. The predicted octanol–water partition coefficient (Wildman–Crippen LogP) is -3.38. The Bertz CT molecular complexity index is 790. The number of amides is 2. The smallest absolute Gasteiger partial charge is 0.543 e. The molecule has 3 atom stereocenters. The number of carbonyl (C=O) groups excluding carboxylic acids is 3. The van der Waals surface area contributed by atoms with Crippen molar-refractivity contribution in [2.75, 3.05) is 7.11 Å². The van der Waals surface area contributed by atoms with Gasteiger partial charge in [-0.2, -0.15) is 0 Å². The quantitative estimate of drug-likeness (QED) is 0.405. The number of ether oxygens (including phenoxy) is 1. The van der Waals surface area contributed by atoms with Crippen LogP contribution in [0.3, 0.4) is 0 Å². The first-order chi connectivity index (χ1) is 12.3. The summed E-state index contributed by atoms with van der Waals surface area (Å²) >= 11 is 0. The topological polar surface area (TPSA) is 119 Å². The minimum absolute atomic E-state index is 0. The normalized spacial score (nSPS) is 21.7. The van der Waals surface area contributed by atoms with E-state index < -0.39 is 30.0 Å². The Morgan fingerprint density at radius 2 is 2.00 bits per heavy atom. The van der Waals surface area contributed by atoms with E-state index >= 15 is 0 Å². The van der Waals surface area contributed by atoms with E-state index in [4.69, 9.17) is 0 Å². The van der Waals surface area contributed by atoms with Gasteiger partial charge in [0.2, 0.25) is 5.91 Å². The number of nitrogens with zero attached hydrogens (tertiary/aromatic N) is 1. The number of aliphatic hydroxyl groups excluding tert-OH is 1. The molecule has 0 bridgehead atoms. The number of aliphatic carboxylic acids is 1. The number of β-lactam (4-membered cyclic amide) rings is 1. The van der Waals surface area contributed by atoms with Gasteiger partial charge in [0.25, 0.3) is 0 Å². The van der Waals surface area contributed by atoms with Gasteiger partial charge in [-0.25, -0.2) is 4.79 Å². The summed E-state index contributed by atoms with van der Waals surface area (Å²) in [5.41, 5.74) is 1.86. The summed E-state index contributed by atoms with van der Waals surface area (Å²) in [4.78, 5) is 36.1. The zero-order valence-corrected chi connectivity index (χ0v) is 17.4. The van der Waals surface area contributed by atoms with Gasteiger partial charge in [-0.05, 0) is 30.0 Å². The second-order valence-corrected chi connectivity index (χ2v) is 6.40. The van der Waals surface area contributed by atoms with E-state index in [9.17, 15) is 24.6 Å². The van der Waals surface area contributed by atoms with E-state index in [2.05, 4.69) is 10.1 Å². The molecule has 27 heavy (non-hydrogen) atoms. The van der Waals surface area contributed by atoms with Crippen LogP contribution in [0.4, 0.5) is 4.79 Å². The van der Waals surface area contributed by atoms with Crippen LogP contribution in [0.25, 0.3) is 5.57 Å². The average molecular weight is 382 g/mol. The number of carboxylic acids is 1. The molecule has 1 saturated heterocycles. The van der Waals surface area contributed by atoms with Crippen LogP contribution in [0, 0.1) is 5.92 Å². The van der Waals surface area contributed by atoms with Gasteiger partial charge in [-0.1, -0.05) is 24.3 Å². The molecule has 0 saturated carbocycles. The van der Waals surface area contributed by atoms with Crippen molar-refractivity contribution in [3.63, 3.8) is 0 Å². The van der Waals surface area contributed by atoms with Gasteiger partial charge < -0.3 is 30.0 Å². The zero-order chi connectivity index (χ0) is 19.0. The van der Waals surface area contributed by atoms with Gasteiger partial charge in [0.1, 0.15) is 0 Å². The molecule has 2 N–H and O–H groups in total. The summed E-state index contributed by atoms with van der Waals surface area (Å²) in [5, 5.41) is 23.9. The zero-order valence-electron chi connectivity index (χ0n) is 15.4. The number of benzene rings is 1. The number of hydrogen-bond acceptors (Lipinski definition) is 6. The summed E-state index contributed by atoms with van der Waals surface area (Å²) in [7, 11) is 1.28. The SMILES string of the molecule is COC(=O)NCc1ccc(C2=C(C(=O)[O-])N3C(=O)[C@@H]([C@@H](C)O)[C@H]3C2)cc1.[Na+]. The van der Waals surface area contributed by atoms with Crippen LogP contribution in [0.1, 0.15) is 24.5 Å². The van der Waals surface area contributed by atoms with Crippen molar-refractivity contribution in [2.45, 2.75) is 32.0 Å². The molecule has 2 aliphatic heterocycles. The number of rotatable bonds is 5. The average Bonchev–Trinajstić information content (AvgIpc) is 2.95. The molecular formula is C18H19N2NaO6. The fraction of sp³-hybridized carbons (Fsp3) is 0.389. The Morgan fingerprint density at radius 3 is 2.52 bits per heavy atom. The molecule has 1 aromatic rings. The number of alkyl carbamates (subject to hydrolysis) is 1. The molecule has 2 aliphatic rings. The van der Waals surface area contributed by atoms with Gasteiger partial charge >= 0.3 is 35.7 Å². The van der Waals surface area contributed by atoms with Crippen molar-refractivity contribution < 1.29 is 58.9 Å². The minimum atomic E-state index is -1.41. The van der Waals surface area contributed by atoms with E-state index in [-0.39, 0.29) is 47.8 Å². The summed E-state index contributed by atoms with van der Waals surface area (Å²) in [5.74, 6) is -2.39. The van der Waals surface area contributed by atoms with E-state index in [0.717, 1.165) is 5.56 Å². The van der Waals surface area contributed by atoms with E-state index in [1.807, 2.05) is 0 Å². The number of aliphatic hydroxyl groups is 1. The molecular weight excluding hydrogens is 363 g/mol. The molecule has 0 aromatic heterocycles. The van der Waals surface area contributed by atoms with Crippen LogP contribution in [-0.2, 0) is 20.9 Å². The summed E-state index contributed by atoms with van der Waals surface area (Å²) in [6.07, 6.45) is -1.03. The second-order valence-electron chi connectivity index (χ2n) is 6.40. The fourth-order valence-corrected chi connectivity index (χ4v) is 3.59. The summed E-state index contributed by atoms with van der Waals surface area (Å²) in [6.45, 7) is 1.80. The van der Waals surface area contributed by atoms with Crippen LogP contribution >= 0.6 is 0 Å². The van der Waals surface area contributed by atoms with Crippen molar-refractivity contribution in [3.05, 3.63) is 41.1 Å². The van der Waals surface area contributed by atoms with E-state index in [0.29, 0.717) is 17.6 Å². The first-order valence-electron chi connectivity index (χ1n) is 8.22. The second kappa shape index (κ2) is 8.43. The van der Waals surface area contributed by atoms with Crippen LogP contribution < -0.4 is 40.0 Å². The number of methoxy groups -OCH3 is 1. The standard InChI is InChI=1S/C18H20N2O6.Na/c1-9(21)14-13-7-12(15(17(23)24)20(13)16(14)22)11-5-3-10(4-6-11)8-19-18(25)26-2;/h3-6,9,13-14,21H,7-8H2,1-2H3,(H,19,25)(H,23,24);/q;+1/p-1/t9-,13-,14+;/m1./s1. The van der Waals surface area contributed by atoms with Crippen molar-refractivity contribution in [1.82, 2.24) is 10.2 Å². The number of nitrogens with one attached hydrogen (secondary N) is 1. The van der Waals surface area contributed by atoms with Crippen LogP contribution in [0.2, 0.25) is 0 Å². The van der Waals surface area contributed by atoms with Crippen molar-refractivity contribution in [2.24, 2.45) is 5.92 Å². The van der Waals surface area contributed by atoms with Crippen LogP contribution in [0.15, 0.2) is 30.0 Å². The summed E-state index contributed by atoms with van der Waals surface area (Å²) in [6, 6.07) is 6.63. The van der Waals surface area contributed by atoms with Gasteiger partial charge in [0, 0.05) is 6.54 Å². The van der Waals surface area contributed by atoms with Crippen LogP contribution in [0.5, 0.6) is 0 Å². The van der Waals surface area contributed by atoms with Gasteiger partial charge in [0.05, 0.1) is 36.8 Å². The molecule has 0 spiro atoms. The molecule has 138 valence electrons. The molecule has 2 amide bonds. The van der Waals surface area contributed by atoms with E-state index in [1.165, 1.54) is 18.9 Å². The first kappa shape index (κ1) is 21.4. The molecule has 3 rings (SSSR count). The number of carbonyl (C=O) groups is 3. The van der Waals surface area contributed by atoms with Crippen molar-refractivity contribution in [1.29, 1.82) is 0 Å². The molecule has 2 heterocycles. The fourth-order valence-electron chi connectivity index (χ4n) is 3.59. The third-order valence-electron chi connectivity index (χ3n) is 4.85. The largest absolute Gasteiger partial charge is 1.00 e. The Balaban J connectivity index is 0.00000261. The van der Waals surface area contributed by atoms with E-state index in [1.54, 1.807) is 24.3 Å². The third-order valence-corrected chi connectivity index (χ3v) is 4.85. The van der Waals surface area contributed by atoms with Crippen molar-refractivity contribution >= 4 is 23.5 Å². The molecule has 0 aliphatic carbocycles. The Labute approximate surface area is 178 Å². The number of carboxylic acid groups (broad SMARTS) is 1. The van der Waals surface area contributed by atoms with Gasteiger partial charge in [0.15, 0.2) is 0 Å². The maximum atomic E-state index is 12.2. The summed E-state index contributed by atoms with van der Waals surface area (Å²) < 4.78 is 4.50. The third kappa shape index (κ3) is 3.89. The Hall–Kier alpha value is -1.87. The predicted molar refractivity (Wildman–Crippen MR) is 88.0 cm³/mol. The van der Waals surface area contributed by atoms with Gasteiger partial charge in [-0.3, -0.25) is 4.79 Å². The Kier molecular flexibility index (Phi) is 6.69. The maximum Gasteiger partial charge on any atom is 1.00 e. The maximum absolute atomic E-state index is 12.2. The first-order valence-corrected chi connectivity index (χ1v) is 8.22. The minimum Gasteiger partial charge on any atom is -0.543 e.